The van der Waals surface area contributed by atoms with E-state index in [0.717, 1.165) is 11.1 Å². The highest BCUT2D eigenvalue weighted by molar-refractivity contribution is 7.89. The number of fused-ring (bicyclic) bond motifs is 1. The normalized spacial score (nSPS) is 14.5. The Kier molecular flexibility index (Phi) is 4.48. The molecule has 0 saturated heterocycles. The molecule has 6 nitrogen and oxygen atoms in total. The maximum Gasteiger partial charge on any atom is 0.279 e. The Bertz CT molecular complexity index is 1150. The Morgan fingerprint density at radius 2 is 1.81 bits per heavy atom. The highest BCUT2D eigenvalue weighted by Gasteiger charge is 2.34. The Labute approximate surface area is 161 Å². The molecular weight excluding hydrogens is 386 g/mol. The quantitative estimate of drug-likeness (QED) is 0.671. The molecule has 0 amide bonds. The topological polar surface area (TPSA) is 87.2 Å². The van der Waals surface area contributed by atoms with Gasteiger partial charge in [-0.2, -0.15) is 14.6 Å². The van der Waals surface area contributed by atoms with Crippen LogP contribution in [0.15, 0.2) is 58.0 Å². The van der Waals surface area contributed by atoms with Crippen LogP contribution in [0.5, 0.6) is 0 Å². The number of benzene rings is 2. The van der Waals surface area contributed by atoms with Crippen LogP contribution in [0.3, 0.4) is 0 Å². The lowest BCUT2D eigenvalue weighted by molar-refractivity contribution is 0.366. The Hall–Kier alpha value is -2.66. The Morgan fingerprint density at radius 1 is 1.11 bits per heavy atom. The van der Waals surface area contributed by atoms with E-state index in [1.165, 1.54) is 4.31 Å². The second kappa shape index (κ2) is 6.82. The molecule has 0 aliphatic carbocycles. The monoisotopic (exact) mass is 399 g/mol. The van der Waals surface area contributed by atoms with E-state index in [0.29, 0.717) is 23.6 Å². The van der Waals surface area contributed by atoms with Gasteiger partial charge in [0, 0.05) is 23.7 Å². The zero-order valence-corrected chi connectivity index (χ0v) is 15.7. The summed E-state index contributed by atoms with van der Waals surface area (Å²) in [6.07, 6.45) is 0.607. The van der Waals surface area contributed by atoms with Crippen molar-refractivity contribution in [2.45, 2.75) is 18.1 Å². The van der Waals surface area contributed by atoms with Crippen LogP contribution in [-0.4, -0.2) is 24.3 Å². The van der Waals surface area contributed by atoms with E-state index in [-0.39, 0.29) is 18.1 Å². The smallest absolute Gasteiger partial charge is 0.279 e. The van der Waals surface area contributed by atoms with Gasteiger partial charge in [-0.3, -0.25) is 0 Å². The fourth-order valence-electron chi connectivity index (χ4n) is 3.06. The van der Waals surface area contributed by atoms with Crippen molar-refractivity contribution in [3.8, 4) is 17.5 Å². The molecule has 1 aromatic heterocycles. The third-order valence-corrected chi connectivity index (χ3v) is 6.45. The van der Waals surface area contributed by atoms with Gasteiger partial charge in [-0.1, -0.05) is 35.9 Å². The van der Waals surface area contributed by atoms with E-state index in [1.54, 1.807) is 24.3 Å². The summed E-state index contributed by atoms with van der Waals surface area (Å²) in [5.74, 6) is 0.0687. The van der Waals surface area contributed by atoms with Crippen molar-refractivity contribution in [3.63, 3.8) is 0 Å². The van der Waals surface area contributed by atoms with E-state index < -0.39 is 15.1 Å². The van der Waals surface area contributed by atoms with Crippen molar-refractivity contribution in [1.82, 2.24) is 9.29 Å². The van der Waals surface area contributed by atoms with Crippen LogP contribution in [0.25, 0.3) is 11.5 Å². The van der Waals surface area contributed by atoms with E-state index in [9.17, 15) is 13.7 Å². The van der Waals surface area contributed by atoms with Crippen LogP contribution in [0.2, 0.25) is 5.02 Å². The molecule has 0 N–H and O–H groups in total. The summed E-state index contributed by atoms with van der Waals surface area (Å²) in [5, 5.41) is 9.48. The number of oxazole rings is 1. The minimum Gasteiger partial charge on any atom is -0.422 e. The average molecular weight is 400 g/mol. The highest BCUT2D eigenvalue weighted by atomic mass is 35.5. The molecule has 0 radical (unpaired) electrons. The van der Waals surface area contributed by atoms with Crippen molar-refractivity contribution in [1.29, 1.82) is 5.26 Å². The standard InChI is InChI=1S/C19H14ClN3O3S/c20-16-7-5-14(6-8-16)18-22-17(11-21)19(26-18)27(24,25)23-10-9-13-3-1-2-4-15(13)12-23/h1-8H,9-10,12H2. The van der Waals surface area contributed by atoms with E-state index >= 15 is 0 Å². The predicted molar refractivity (Wildman–Crippen MR) is 99.4 cm³/mol. The van der Waals surface area contributed by atoms with E-state index in [2.05, 4.69) is 4.98 Å². The van der Waals surface area contributed by atoms with Crippen LogP contribution < -0.4 is 0 Å². The molecule has 1 aliphatic rings. The molecule has 0 unspecified atom stereocenters. The van der Waals surface area contributed by atoms with Crippen molar-refractivity contribution in [3.05, 3.63) is 70.4 Å². The maximum atomic E-state index is 13.1. The summed E-state index contributed by atoms with van der Waals surface area (Å²) in [4.78, 5) is 4.06. The molecule has 0 atom stereocenters. The van der Waals surface area contributed by atoms with Gasteiger partial charge in [0.1, 0.15) is 6.07 Å². The zero-order valence-electron chi connectivity index (χ0n) is 14.1. The number of nitrogens with zero attached hydrogens (tertiary/aromatic N) is 3. The number of nitriles is 1. The number of hydrogen-bond acceptors (Lipinski definition) is 5. The van der Waals surface area contributed by atoms with E-state index in [4.69, 9.17) is 16.0 Å². The highest BCUT2D eigenvalue weighted by Crippen LogP contribution is 2.30. The third-order valence-electron chi connectivity index (χ3n) is 4.46. The van der Waals surface area contributed by atoms with Gasteiger partial charge in [0.25, 0.3) is 15.1 Å². The first kappa shape index (κ1) is 17.7. The first-order valence-corrected chi connectivity index (χ1v) is 10.0. The number of aromatic nitrogens is 1. The lowest BCUT2D eigenvalue weighted by Crippen LogP contribution is -2.36. The fraction of sp³-hybridized carbons (Fsp3) is 0.158. The summed E-state index contributed by atoms with van der Waals surface area (Å²) in [6, 6.07) is 16.1. The molecule has 2 heterocycles. The van der Waals surface area contributed by atoms with Crippen molar-refractivity contribution < 1.29 is 12.8 Å². The molecule has 8 heteroatoms. The molecule has 0 fully saturated rings. The Morgan fingerprint density at radius 3 is 2.52 bits per heavy atom. The van der Waals surface area contributed by atoms with Crippen molar-refractivity contribution in [2.24, 2.45) is 0 Å². The molecule has 3 aromatic rings. The maximum absolute atomic E-state index is 13.1. The molecule has 1 aliphatic heterocycles. The van der Waals surface area contributed by atoms with Gasteiger partial charge in [-0.05, 0) is 41.8 Å². The fourth-order valence-corrected chi connectivity index (χ4v) is 4.58. The van der Waals surface area contributed by atoms with Gasteiger partial charge in [0.2, 0.25) is 5.89 Å². The molecule has 0 bridgehead atoms. The lowest BCUT2D eigenvalue weighted by Gasteiger charge is -2.27. The Balaban J connectivity index is 1.72. The summed E-state index contributed by atoms with van der Waals surface area (Å²) in [5.41, 5.74) is 2.37. The summed E-state index contributed by atoms with van der Waals surface area (Å²) < 4.78 is 33.0. The predicted octanol–water partition coefficient (Wildman–Crippen LogP) is 3.61. The molecule has 0 spiro atoms. The lowest BCUT2D eigenvalue weighted by atomic mass is 10.0. The van der Waals surface area contributed by atoms with E-state index in [1.807, 2.05) is 30.3 Å². The molecular formula is C19H14ClN3O3S. The van der Waals surface area contributed by atoms with Gasteiger partial charge >= 0.3 is 0 Å². The van der Waals surface area contributed by atoms with Crippen LogP contribution in [0, 0.1) is 11.3 Å². The first-order chi connectivity index (χ1) is 13.0. The molecule has 136 valence electrons. The van der Waals surface area contributed by atoms with Gasteiger partial charge < -0.3 is 4.42 Å². The number of halogens is 1. The van der Waals surface area contributed by atoms with Crippen LogP contribution in [0.1, 0.15) is 16.8 Å². The van der Waals surface area contributed by atoms with Crippen LogP contribution in [-0.2, 0) is 23.0 Å². The summed E-state index contributed by atoms with van der Waals surface area (Å²) >= 11 is 5.87. The van der Waals surface area contributed by atoms with Gasteiger partial charge in [0.05, 0.1) is 0 Å². The number of sulfonamides is 1. The third kappa shape index (κ3) is 3.23. The van der Waals surface area contributed by atoms with Crippen molar-refractivity contribution in [2.75, 3.05) is 6.54 Å². The SMILES string of the molecule is N#Cc1nc(-c2ccc(Cl)cc2)oc1S(=O)(=O)N1CCc2ccccc2C1. The number of hydrogen-bond donors (Lipinski definition) is 0. The van der Waals surface area contributed by atoms with Crippen LogP contribution in [0.4, 0.5) is 0 Å². The first-order valence-electron chi connectivity index (χ1n) is 8.23. The summed E-state index contributed by atoms with van der Waals surface area (Å²) in [6.45, 7) is 0.557. The minimum absolute atomic E-state index is 0.0687. The van der Waals surface area contributed by atoms with Gasteiger partial charge in [0.15, 0.2) is 5.69 Å². The average Bonchev–Trinajstić information content (AvgIpc) is 3.13. The summed E-state index contributed by atoms with van der Waals surface area (Å²) in [7, 11) is -3.99. The van der Waals surface area contributed by atoms with Gasteiger partial charge in [-0.15, -0.1) is 0 Å². The second-order valence-corrected chi connectivity index (χ2v) is 8.40. The molecule has 27 heavy (non-hydrogen) atoms. The van der Waals surface area contributed by atoms with Gasteiger partial charge in [-0.25, -0.2) is 8.42 Å². The largest absolute Gasteiger partial charge is 0.422 e. The second-order valence-electron chi connectivity index (χ2n) is 6.13. The molecule has 0 saturated carbocycles. The zero-order chi connectivity index (χ0) is 19.0. The van der Waals surface area contributed by atoms with Crippen LogP contribution >= 0.6 is 11.6 Å². The molecule has 4 rings (SSSR count). The molecule has 2 aromatic carbocycles. The van der Waals surface area contributed by atoms with Crippen molar-refractivity contribution >= 4 is 21.6 Å². The number of rotatable bonds is 3. The minimum atomic E-state index is -3.99.